The molecular weight excluding hydrogens is 369 g/mol. The molecule has 29 heavy (non-hydrogen) atoms. The number of nitrogens with zero attached hydrogens (tertiary/aromatic N) is 3. The van der Waals surface area contributed by atoms with Crippen LogP contribution in [0.15, 0.2) is 29.3 Å². The number of benzene rings is 1. The average molecular weight is 404 g/mol. The van der Waals surface area contributed by atoms with E-state index < -0.39 is 0 Å². The monoisotopic (exact) mass is 403 g/mol. The molecule has 2 N–H and O–H groups in total. The average Bonchev–Trinajstić information content (AvgIpc) is 3.21. The van der Waals surface area contributed by atoms with Crippen molar-refractivity contribution >= 4 is 17.6 Å². The highest BCUT2D eigenvalue weighted by atomic mass is 19.1. The Hall–Kier alpha value is -2.31. The van der Waals surface area contributed by atoms with Crippen molar-refractivity contribution in [1.82, 2.24) is 15.5 Å². The number of halogens is 1. The molecule has 2 aliphatic rings. The molecule has 1 aliphatic heterocycles. The predicted molar refractivity (Wildman–Crippen MR) is 116 cm³/mol. The van der Waals surface area contributed by atoms with Crippen LogP contribution in [0.4, 0.5) is 10.1 Å². The Morgan fingerprint density at radius 3 is 2.55 bits per heavy atom. The van der Waals surface area contributed by atoms with E-state index in [0.717, 1.165) is 63.3 Å². The molecule has 1 aromatic carbocycles. The summed E-state index contributed by atoms with van der Waals surface area (Å²) in [6.45, 7) is 2.37. The van der Waals surface area contributed by atoms with Gasteiger partial charge in [0, 0.05) is 52.5 Å². The number of aliphatic imine (C=N–C) groups is 1. The number of carbonyl (C=O) groups is 1. The highest BCUT2D eigenvalue weighted by Crippen LogP contribution is 2.38. The summed E-state index contributed by atoms with van der Waals surface area (Å²) in [7, 11) is 5.44. The van der Waals surface area contributed by atoms with Crippen molar-refractivity contribution in [2.24, 2.45) is 10.4 Å². The normalized spacial score (nSPS) is 19.9. The van der Waals surface area contributed by atoms with E-state index >= 15 is 0 Å². The zero-order valence-corrected chi connectivity index (χ0v) is 17.9. The fourth-order valence-electron chi connectivity index (χ4n) is 4.59. The molecule has 0 bridgehead atoms. The van der Waals surface area contributed by atoms with Gasteiger partial charge < -0.3 is 20.4 Å². The van der Waals surface area contributed by atoms with Gasteiger partial charge >= 0.3 is 0 Å². The molecular formula is C22H34FN5O. The topological polar surface area (TPSA) is 60.0 Å². The summed E-state index contributed by atoms with van der Waals surface area (Å²) in [6.07, 6.45) is 5.98. The van der Waals surface area contributed by atoms with E-state index in [9.17, 15) is 9.18 Å². The molecule has 0 unspecified atom stereocenters. The number of piperidine rings is 1. The van der Waals surface area contributed by atoms with Gasteiger partial charge in [0.25, 0.3) is 0 Å². The van der Waals surface area contributed by atoms with Gasteiger partial charge in [-0.05, 0) is 43.9 Å². The second-order valence-electron chi connectivity index (χ2n) is 8.50. The zero-order chi connectivity index (χ0) is 20.9. The highest BCUT2D eigenvalue weighted by molar-refractivity contribution is 5.85. The number of anilines is 1. The molecule has 2 fully saturated rings. The van der Waals surface area contributed by atoms with Crippen LogP contribution in [0.5, 0.6) is 0 Å². The van der Waals surface area contributed by atoms with Crippen molar-refractivity contribution in [2.45, 2.75) is 44.6 Å². The SMILES string of the molecule is CN=C(NCC1(C(=O)N(C)C)CCCC1)NC1CCN(c2cccc(F)c2)CC1. The first-order valence-electron chi connectivity index (χ1n) is 10.6. The number of amides is 1. The lowest BCUT2D eigenvalue weighted by molar-refractivity contribution is -0.138. The number of nitrogens with one attached hydrogen (secondary N) is 2. The van der Waals surface area contributed by atoms with Crippen molar-refractivity contribution < 1.29 is 9.18 Å². The van der Waals surface area contributed by atoms with Crippen molar-refractivity contribution in [3.05, 3.63) is 30.1 Å². The minimum atomic E-state index is -0.318. The fourth-order valence-corrected chi connectivity index (χ4v) is 4.59. The lowest BCUT2D eigenvalue weighted by Crippen LogP contribution is -2.52. The first-order chi connectivity index (χ1) is 13.9. The van der Waals surface area contributed by atoms with Gasteiger partial charge in [-0.2, -0.15) is 0 Å². The Labute approximate surface area is 173 Å². The van der Waals surface area contributed by atoms with Crippen LogP contribution in [0.2, 0.25) is 0 Å². The molecule has 1 saturated carbocycles. The van der Waals surface area contributed by atoms with Crippen LogP contribution in [-0.2, 0) is 4.79 Å². The Morgan fingerprint density at radius 1 is 1.28 bits per heavy atom. The van der Waals surface area contributed by atoms with Crippen LogP contribution >= 0.6 is 0 Å². The number of rotatable bonds is 5. The van der Waals surface area contributed by atoms with Crippen molar-refractivity contribution in [3.8, 4) is 0 Å². The molecule has 0 spiro atoms. The van der Waals surface area contributed by atoms with E-state index in [1.807, 2.05) is 20.2 Å². The van der Waals surface area contributed by atoms with E-state index in [2.05, 4.69) is 20.5 Å². The van der Waals surface area contributed by atoms with Gasteiger partial charge in [0.15, 0.2) is 5.96 Å². The van der Waals surface area contributed by atoms with Crippen LogP contribution in [0.25, 0.3) is 0 Å². The molecule has 6 nitrogen and oxygen atoms in total. The van der Waals surface area contributed by atoms with E-state index in [4.69, 9.17) is 0 Å². The third kappa shape index (κ3) is 5.19. The third-order valence-electron chi connectivity index (χ3n) is 6.25. The first kappa shape index (κ1) is 21.4. The lowest BCUT2D eigenvalue weighted by Gasteiger charge is -2.35. The van der Waals surface area contributed by atoms with Crippen molar-refractivity contribution in [2.75, 3.05) is 45.7 Å². The molecule has 1 saturated heterocycles. The Bertz CT molecular complexity index is 722. The number of hydrogen-bond acceptors (Lipinski definition) is 3. The maximum absolute atomic E-state index is 13.5. The van der Waals surface area contributed by atoms with Gasteiger partial charge in [-0.1, -0.05) is 18.9 Å². The van der Waals surface area contributed by atoms with E-state index in [1.54, 1.807) is 24.1 Å². The summed E-state index contributed by atoms with van der Waals surface area (Å²) in [5.41, 5.74) is 0.623. The predicted octanol–water partition coefficient (Wildman–Crippen LogP) is 2.61. The Balaban J connectivity index is 1.51. The largest absolute Gasteiger partial charge is 0.371 e. The molecule has 7 heteroatoms. The second-order valence-corrected chi connectivity index (χ2v) is 8.50. The summed E-state index contributed by atoms with van der Waals surface area (Å²) in [6, 6.07) is 7.10. The molecule has 0 atom stereocenters. The van der Waals surface area contributed by atoms with Gasteiger partial charge in [-0.15, -0.1) is 0 Å². The summed E-state index contributed by atoms with van der Waals surface area (Å²) >= 11 is 0. The Kier molecular flexibility index (Phi) is 6.98. The molecule has 0 aromatic heterocycles. The van der Waals surface area contributed by atoms with Gasteiger partial charge in [-0.3, -0.25) is 9.79 Å². The summed E-state index contributed by atoms with van der Waals surface area (Å²) in [4.78, 5) is 21.1. The second kappa shape index (κ2) is 9.46. The van der Waals surface area contributed by atoms with Crippen molar-refractivity contribution in [1.29, 1.82) is 0 Å². The van der Waals surface area contributed by atoms with Gasteiger partial charge in [0.2, 0.25) is 5.91 Å². The molecule has 160 valence electrons. The standard InChI is InChI=1S/C22H34FN5O/c1-24-21(25-16-22(11-4-5-12-22)20(29)27(2)3)26-18-9-13-28(14-10-18)19-8-6-7-17(23)15-19/h6-8,15,18H,4-5,9-14,16H2,1-3H3,(H2,24,25,26). The minimum absolute atomic E-state index is 0.194. The van der Waals surface area contributed by atoms with E-state index in [-0.39, 0.29) is 17.1 Å². The van der Waals surface area contributed by atoms with Crippen LogP contribution in [-0.4, -0.2) is 63.6 Å². The van der Waals surface area contributed by atoms with Gasteiger partial charge in [0.05, 0.1) is 5.41 Å². The molecule has 1 heterocycles. The van der Waals surface area contributed by atoms with E-state index in [1.165, 1.54) is 6.07 Å². The zero-order valence-electron chi connectivity index (χ0n) is 17.9. The number of hydrogen-bond donors (Lipinski definition) is 2. The van der Waals surface area contributed by atoms with Gasteiger partial charge in [0.1, 0.15) is 5.82 Å². The van der Waals surface area contributed by atoms with E-state index in [0.29, 0.717) is 12.6 Å². The number of guanidine groups is 1. The smallest absolute Gasteiger partial charge is 0.230 e. The molecule has 1 aromatic rings. The minimum Gasteiger partial charge on any atom is -0.371 e. The number of carbonyl (C=O) groups excluding carboxylic acids is 1. The van der Waals surface area contributed by atoms with Gasteiger partial charge in [-0.25, -0.2) is 4.39 Å². The van der Waals surface area contributed by atoms with Crippen molar-refractivity contribution in [3.63, 3.8) is 0 Å². The molecule has 1 amide bonds. The third-order valence-corrected chi connectivity index (χ3v) is 6.25. The van der Waals surface area contributed by atoms with Crippen LogP contribution in [0.3, 0.4) is 0 Å². The highest BCUT2D eigenvalue weighted by Gasteiger charge is 2.42. The molecule has 1 aliphatic carbocycles. The van der Waals surface area contributed by atoms with Crippen LogP contribution < -0.4 is 15.5 Å². The summed E-state index contributed by atoms with van der Waals surface area (Å²) < 4.78 is 13.5. The Morgan fingerprint density at radius 2 is 1.97 bits per heavy atom. The fraction of sp³-hybridized carbons (Fsp3) is 0.636. The van der Waals surface area contributed by atoms with Crippen LogP contribution in [0.1, 0.15) is 38.5 Å². The van der Waals surface area contributed by atoms with Crippen LogP contribution in [0, 0.1) is 11.2 Å². The molecule has 3 rings (SSSR count). The summed E-state index contributed by atoms with van der Waals surface area (Å²) in [5, 5.41) is 6.93. The first-order valence-corrected chi connectivity index (χ1v) is 10.6. The molecule has 0 radical (unpaired) electrons. The maximum atomic E-state index is 13.5. The maximum Gasteiger partial charge on any atom is 0.230 e. The quantitative estimate of drug-likeness (QED) is 0.586. The lowest BCUT2D eigenvalue weighted by atomic mass is 9.84. The summed E-state index contributed by atoms with van der Waals surface area (Å²) in [5.74, 6) is 0.772.